The summed E-state index contributed by atoms with van der Waals surface area (Å²) < 4.78 is 16.6. The lowest BCUT2D eigenvalue weighted by Crippen LogP contribution is -2.39. The van der Waals surface area contributed by atoms with E-state index in [1.165, 1.54) is 0 Å². The van der Waals surface area contributed by atoms with Gasteiger partial charge in [0.05, 0.1) is 6.54 Å². The lowest BCUT2D eigenvalue weighted by molar-refractivity contribution is -0.149. The second-order valence-corrected chi connectivity index (χ2v) is 8.31. The molecule has 2 amide bonds. The molecule has 2 aromatic rings. The molecule has 1 unspecified atom stereocenters. The molecule has 35 heavy (non-hydrogen) atoms. The van der Waals surface area contributed by atoms with Crippen molar-refractivity contribution in [2.75, 3.05) is 44.8 Å². The van der Waals surface area contributed by atoms with E-state index in [1.54, 1.807) is 48.2 Å². The molecule has 9 heteroatoms. The molecule has 0 aromatic heterocycles. The molecule has 0 bridgehead atoms. The fourth-order valence-corrected chi connectivity index (χ4v) is 3.41. The summed E-state index contributed by atoms with van der Waals surface area (Å²) in [4.78, 5) is 25.8. The third kappa shape index (κ3) is 11.0. The molecule has 0 radical (unpaired) electrons. The van der Waals surface area contributed by atoms with Gasteiger partial charge >= 0.3 is 12.0 Å². The summed E-state index contributed by atoms with van der Waals surface area (Å²) in [6.45, 7) is 6.67. The molecule has 2 N–H and O–H groups in total. The zero-order valence-corrected chi connectivity index (χ0v) is 21.1. The number of carboxylic acids is 1. The largest absolute Gasteiger partial charge is 0.492 e. The SMILES string of the molecule is CCCOCCCN(CCOc1ccc(CC(OCC)C(=O)O)cc1)C(=O)Nc1ccc(Cl)cc1. The van der Waals surface area contributed by atoms with Gasteiger partial charge in [0.2, 0.25) is 0 Å². The molecule has 0 aliphatic rings. The number of carbonyl (C=O) groups excluding carboxylic acids is 1. The Balaban J connectivity index is 1.89. The summed E-state index contributed by atoms with van der Waals surface area (Å²) in [5.41, 5.74) is 1.50. The van der Waals surface area contributed by atoms with E-state index in [0.717, 1.165) is 12.0 Å². The van der Waals surface area contributed by atoms with Crippen LogP contribution in [0.15, 0.2) is 48.5 Å². The predicted molar refractivity (Wildman–Crippen MR) is 136 cm³/mol. The molecule has 0 saturated carbocycles. The quantitative estimate of drug-likeness (QED) is 0.307. The van der Waals surface area contributed by atoms with Gasteiger partial charge in [-0.3, -0.25) is 0 Å². The number of aliphatic carboxylic acids is 1. The van der Waals surface area contributed by atoms with E-state index in [4.69, 9.17) is 25.8 Å². The van der Waals surface area contributed by atoms with Gasteiger partial charge in [0.25, 0.3) is 0 Å². The lowest BCUT2D eigenvalue weighted by Gasteiger charge is -2.23. The number of urea groups is 1. The van der Waals surface area contributed by atoms with Gasteiger partial charge in [-0.1, -0.05) is 30.7 Å². The summed E-state index contributed by atoms with van der Waals surface area (Å²) in [6.07, 6.45) is 1.08. The standard InChI is InChI=1S/C26H35ClN2O6/c1-3-16-33-17-5-14-29(26(32)28-22-10-8-21(27)9-11-22)15-18-35-23-12-6-20(7-13-23)19-24(25(30)31)34-4-2/h6-13,24H,3-5,14-19H2,1-2H3,(H,28,32)(H,30,31). The summed E-state index contributed by atoms with van der Waals surface area (Å²) in [7, 11) is 0. The smallest absolute Gasteiger partial charge is 0.333 e. The molecule has 192 valence electrons. The molecular weight excluding hydrogens is 472 g/mol. The van der Waals surface area contributed by atoms with Crippen molar-refractivity contribution in [1.29, 1.82) is 0 Å². The number of amides is 2. The third-order valence-corrected chi connectivity index (χ3v) is 5.32. The van der Waals surface area contributed by atoms with Crippen LogP contribution in [0.3, 0.4) is 0 Å². The van der Waals surface area contributed by atoms with Gasteiger partial charge in [-0.05, 0) is 61.7 Å². The summed E-state index contributed by atoms with van der Waals surface area (Å²) >= 11 is 5.92. The van der Waals surface area contributed by atoms with E-state index >= 15 is 0 Å². The first-order chi connectivity index (χ1) is 16.9. The first-order valence-electron chi connectivity index (χ1n) is 11.9. The van der Waals surface area contributed by atoms with Crippen LogP contribution in [0.5, 0.6) is 5.75 Å². The predicted octanol–water partition coefficient (Wildman–Crippen LogP) is 5.10. The number of anilines is 1. The molecular formula is C26H35ClN2O6. The molecule has 0 saturated heterocycles. The van der Waals surface area contributed by atoms with Crippen LogP contribution in [-0.2, 0) is 20.7 Å². The van der Waals surface area contributed by atoms with Gasteiger partial charge in [0, 0.05) is 43.5 Å². The Kier molecular flexibility index (Phi) is 13.0. The second kappa shape index (κ2) is 16.0. The van der Waals surface area contributed by atoms with Crippen LogP contribution in [0.4, 0.5) is 10.5 Å². The molecule has 0 aliphatic carbocycles. The number of rotatable bonds is 16. The fraction of sp³-hybridized carbons (Fsp3) is 0.462. The van der Waals surface area contributed by atoms with Crippen molar-refractivity contribution in [3.63, 3.8) is 0 Å². The Bertz CT molecular complexity index is 892. The summed E-state index contributed by atoms with van der Waals surface area (Å²) in [6, 6.07) is 13.9. The number of hydrogen-bond donors (Lipinski definition) is 2. The molecule has 0 aliphatic heterocycles. The van der Waals surface area contributed by atoms with Gasteiger partial charge in [0.1, 0.15) is 12.4 Å². The molecule has 0 spiro atoms. The maximum Gasteiger partial charge on any atom is 0.333 e. The number of hydrogen-bond acceptors (Lipinski definition) is 5. The van der Waals surface area contributed by atoms with Crippen molar-refractivity contribution in [3.05, 3.63) is 59.1 Å². The van der Waals surface area contributed by atoms with Crippen molar-refractivity contribution >= 4 is 29.3 Å². The third-order valence-electron chi connectivity index (χ3n) is 5.07. The highest BCUT2D eigenvalue weighted by Gasteiger charge is 2.18. The van der Waals surface area contributed by atoms with Crippen LogP contribution in [0.25, 0.3) is 0 Å². The Labute approximate surface area is 212 Å². The Hall–Kier alpha value is -2.81. The Morgan fingerprint density at radius 1 is 1.00 bits per heavy atom. The molecule has 2 rings (SSSR count). The average molecular weight is 507 g/mol. The minimum atomic E-state index is -0.982. The maximum atomic E-state index is 12.8. The number of nitrogens with one attached hydrogen (secondary N) is 1. The van der Waals surface area contributed by atoms with Gasteiger partial charge in [-0.15, -0.1) is 0 Å². The molecule has 2 aromatic carbocycles. The van der Waals surface area contributed by atoms with Crippen LogP contribution >= 0.6 is 11.6 Å². The Morgan fingerprint density at radius 2 is 1.71 bits per heavy atom. The van der Waals surface area contributed by atoms with Gasteiger partial charge in [-0.2, -0.15) is 0 Å². The van der Waals surface area contributed by atoms with Crippen molar-refractivity contribution < 1.29 is 28.9 Å². The van der Waals surface area contributed by atoms with Crippen molar-refractivity contribution in [1.82, 2.24) is 4.90 Å². The van der Waals surface area contributed by atoms with Gasteiger partial charge in [0.15, 0.2) is 6.10 Å². The maximum absolute atomic E-state index is 12.8. The average Bonchev–Trinajstić information content (AvgIpc) is 2.84. The minimum Gasteiger partial charge on any atom is -0.492 e. The first kappa shape index (κ1) is 28.4. The minimum absolute atomic E-state index is 0.225. The topological polar surface area (TPSA) is 97.3 Å². The summed E-state index contributed by atoms with van der Waals surface area (Å²) in [5, 5.41) is 12.7. The van der Waals surface area contributed by atoms with Crippen LogP contribution in [0, 0.1) is 0 Å². The van der Waals surface area contributed by atoms with Crippen molar-refractivity contribution in [3.8, 4) is 5.75 Å². The van der Waals surface area contributed by atoms with Gasteiger partial charge < -0.3 is 29.5 Å². The molecule has 0 fully saturated rings. The van der Waals surface area contributed by atoms with Crippen LogP contribution in [0.1, 0.15) is 32.3 Å². The number of halogens is 1. The van der Waals surface area contributed by atoms with E-state index in [-0.39, 0.29) is 12.5 Å². The van der Waals surface area contributed by atoms with E-state index < -0.39 is 12.1 Å². The number of benzene rings is 2. The van der Waals surface area contributed by atoms with Gasteiger partial charge in [-0.25, -0.2) is 9.59 Å². The van der Waals surface area contributed by atoms with Crippen LogP contribution in [0.2, 0.25) is 5.02 Å². The number of carboxylic acid groups (broad SMARTS) is 1. The van der Waals surface area contributed by atoms with E-state index in [9.17, 15) is 14.7 Å². The number of nitrogens with zero attached hydrogens (tertiary/aromatic N) is 1. The second-order valence-electron chi connectivity index (χ2n) is 7.87. The summed E-state index contributed by atoms with van der Waals surface area (Å²) in [5.74, 6) is -0.342. The molecule has 1 atom stereocenters. The monoisotopic (exact) mass is 506 g/mol. The van der Waals surface area contributed by atoms with E-state index in [0.29, 0.717) is 62.4 Å². The highest BCUT2D eigenvalue weighted by atomic mass is 35.5. The number of carbonyl (C=O) groups is 2. The zero-order valence-electron chi connectivity index (χ0n) is 20.4. The van der Waals surface area contributed by atoms with Crippen LogP contribution < -0.4 is 10.1 Å². The fourth-order valence-electron chi connectivity index (χ4n) is 3.28. The van der Waals surface area contributed by atoms with Crippen molar-refractivity contribution in [2.45, 2.75) is 39.2 Å². The normalized spacial score (nSPS) is 11.6. The molecule has 0 heterocycles. The molecule has 8 nitrogen and oxygen atoms in total. The highest BCUT2D eigenvalue weighted by Crippen LogP contribution is 2.16. The highest BCUT2D eigenvalue weighted by molar-refractivity contribution is 6.30. The zero-order chi connectivity index (χ0) is 25.5. The van der Waals surface area contributed by atoms with Crippen LogP contribution in [-0.4, -0.2) is 67.6 Å². The van der Waals surface area contributed by atoms with E-state index in [2.05, 4.69) is 12.2 Å². The Morgan fingerprint density at radius 3 is 2.34 bits per heavy atom. The van der Waals surface area contributed by atoms with Crippen molar-refractivity contribution in [2.24, 2.45) is 0 Å². The number of ether oxygens (including phenoxy) is 3. The lowest BCUT2D eigenvalue weighted by atomic mass is 10.1. The first-order valence-corrected chi connectivity index (χ1v) is 12.3. The van der Waals surface area contributed by atoms with E-state index in [1.807, 2.05) is 12.1 Å².